The first-order valence-electron chi connectivity index (χ1n) is 11.2. The number of methoxy groups -OCH3 is 2. The number of hydrogen-bond donors (Lipinski definition) is 1. The summed E-state index contributed by atoms with van der Waals surface area (Å²) in [5.74, 6) is 2.40. The Bertz CT molecular complexity index is 1260. The zero-order valence-corrected chi connectivity index (χ0v) is 19.9. The van der Waals surface area contributed by atoms with Crippen LogP contribution >= 0.6 is 0 Å². The third kappa shape index (κ3) is 5.18. The van der Waals surface area contributed by atoms with Crippen molar-refractivity contribution in [1.29, 1.82) is 0 Å². The van der Waals surface area contributed by atoms with Crippen LogP contribution in [0.15, 0.2) is 51.9 Å². The Balaban J connectivity index is 1.74. The van der Waals surface area contributed by atoms with E-state index in [9.17, 15) is 4.79 Å². The van der Waals surface area contributed by atoms with Crippen LogP contribution < -0.4 is 10.3 Å². The van der Waals surface area contributed by atoms with E-state index in [1.165, 1.54) is 0 Å². The van der Waals surface area contributed by atoms with Gasteiger partial charge in [-0.25, -0.2) is 4.68 Å². The molecule has 0 fully saturated rings. The molecule has 0 saturated heterocycles. The molecule has 0 spiro atoms. The van der Waals surface area contributed by atoms with Gasteiger partial charge >= 0.3 is 0 Å². The van der Waals surface area contributed by atoms with E-state index in [1.54, 1.807) is 25.2 Å². The van der Waals surface area contributed by atoms with Crippen LogP contribution in [0.4, 0.5) is 0 Å². The third-order valence-corrected chi connectivity index (χ3v) is 5.80. The number of hydrogen-bond acceptors (Lipinski definition) is 8. The number of furan rings is 1. The zero-order valence-electron chi connectivity index (χ0n) is 19.9. The molecule has 3 heterocycles. The second-order valence-corrected chi connectivity index (χ2v) is 8.50. The van der Waals surface area contributed by atoms with Crippen molar-refractivity contribution in [1.82, 2.24) is 30.1 Å². The molecule has 0 saturated carbocycles. The molecule has 0 radical (unpaired) electrons. The van der Waals surface area contributed by atoms with E-state index in [-0.39, 0.29) is 17.5 Å². The molecule has 0 aliphatic rings. The van der Waals surface area contributed by atoms with Crippen LogP contribution in [0.1, 0.15) is 37.0 Å². The first-order valence-corrected chi connectivity index (χ1v) is 11.2. The molecule has 1 atom stereocenters. The lowest BCUT2D eigenvalue weighted by molar-refractivity contribution is 0.112. The van der Waals surface area contributed by atoms with Crippen molar-refractivity contribution in [3.05, 3.63) is 70.2 Å². The quantitative estimate of drug-likeness (QED) is 0.359. The average Bonchev–Trinajstić information content (AvgIpc) is 3.50. The highest BCUT2D eigenvalue weighted by Crippen LogP contribution is 2.30. The summed E-state index contributed by atoms with van der Waals surface area (Å²) >= 11 is 0. The Kier molecular flexibility index (Phi) is 7.39. The molecule has 10 heteroatoms. The van der Waals surface area contributed by atoms with Crippen molar-refractivity contribution in [3.8, 4) is 5.75 Å². The van der Waals surface area contributed by atoms with E-state index < -0.39 is 0 Å². The van der Waals surface area contributed by atoms with Crippen molar-refractivity contribution in [2.45, 2.75) is 39.5 Å². The third-order valence-electron chi connectivity index (χ3n) is 5.80. The molecule has 0 aliphatic heterocycles. The van der Waals surface area contributed by atoms with Crippen molar-refractivity contribution >= 4 is 10.9 Å². The average molecular weight is 467 g/mol. The number of H-pyrrole nitrogens is 1. The van der Waals surface area contributed by atoms with Crippen LogP contribution in [-0.2, 0) is 24.4 Å². The second-order valence-electron chi connectivity index (χ2n) is 8.50. The van der Waals surface area contributed by atoms with Crippen LogP contribution in [-0.4, -0.2) is 50.9 Å². The second kappa shape index (κ2) is 10.6. The van der Waals surface area contributed by atoms with Crippen LogP contribution in [0, 0.1) is 5.92 Å². The molecule has 4 rings (SSSR count). The Hall–Kier alpha value is -3.50. The van der Waals surface area contributed by atoms with Gasteiger partial charge in [0.15, 0.2) is 5.82 Å². The molecule has 3 aromatic heterocycles. The van der Waals surface area contributed by atoms with E-state index in [2.05, 4.69) is 39.3 Å². The lowest BCUT2D eigenvalue weighted by Crippen LogP contribution is -2.35. The lowest BCUT2D eigenvalue weighted by Gasteiger charge is -2.32. The van der Waals surface area contributed by atoms with Gasteiger partial charge in [-0.15, -0.1) is 5.10 Å². The highest BCUT2D eigenvalue weighted by molar-refractivity contribution is 5.80. The van der Waals surface area contributed by atoms with E-state index in [0.717, 1.165) is 28.2 Å². The van der Waals surface area contributed by atoms with E-state index in [0.29, 0.717) is 31.8 Å². The molecule has 0 bridgehead atoms. The number of tetrazole rings is 1. The monoisotopic (exact) mass is 466 g/mol. The number of fused-ring (bicyclic) bond motifs is 1. The number of rotatable bonds is 11. The first-order chi connectivity index (χ1) is 16.5. The maximum Gasteiger partial charge on any atom is 0.252 e. The number of ether oxygens (including phenoxy) is 2. The standard InChI is InChI=1S/C24H30N6O4/c1-16(2)22(23-26-27-28-30(23)9-11-32-3)29(15-20-6-5-10-34-20)14-18-12-17-13-19(33-4)7-8-21(17)25-24(18)31/h5-8,10,12-13,16,22H,9,11,14-15H2,1-4H3,(H,25,31). The van der Waals surface area contributed by atoms with Gasteiger partial charge < -0.3 is 18.9 Å². The fourth-order valence-electron chi connectivity index (χ4n) is 4.19. The Morgan fingerprint density at radius 2 is 2.03 bits per heavy atom. The summed E-state index contributed by atoms with van der Waals surface area (Å²) in [5.41, 5.74) is 1.26. The van der Waals surface area contributed by atoms with Gasteiger partial charge in [-0.2, -0.15) is 0 Å². The minimum atomic E-state index is -0.169. The molecule has 1 aromatic carbocycles. The molecule has 1 N–H and O–H groups in total. The van der Waals surface area contributed by atoms with Crippen LogP contribution in [0.3, 0.4) is 0 Å². The van der Waals surface area contributed by atoms with Gasteiger partial charge in [0.2, 0.25) is 0 Å². The smallest absolute Gasteiger partial charge is 0.252 e. The Labute approximate surface area is 197 Å². The number of benzene rings is 1. The largest absolute Gasteiger partial charge is 0.497 e. The number of pyridine rings is 1. The summed E-state index contributed by atoms with van der Waals surface area (Å²) in [6.45, 7) is 6.13. The molecule has 4 aromatic rings. The molecule has 34 heavy (non-hydrogen) atoms. The number of nitrogens with zero attached hydrogens (tertiary/aromatic N) is 5. The molecule has 1 unspecified atom stereocenters. The predicted octanol–water partition coefficient (Wildman–Crippen LogP) is 3.16. The highest BCUT2D eigenvalue weighted by Gasteiger charge is 2.30. The first kappa shape index (κ1) is 23.7. The fourth-order valence-corrected chi connectivity index (χ4v) is 4.19. The van der Waals surface area contributed by atoms with Crippen molar-refractivity contribution in [2.24, 2.45) is 5.92 Å². The summed E-state index contributed by atoms with van der Waals surface area (Å²) in [5, 5.41) is 13.3. The maximum atomic E-state index is 13.0. The number of aromatic nitrogens is 5. The summed E-state index contributed by atoms with van der Waals surface area (Å²) < 4.78 is 18.0. The summed E-state index contributed by atoms with van der Waals surface area (Å²) in [4.78, 5) is 18.2. The van der Waals surface area contributed by atoms with Gasteiger partial charge in [-0.05, 0) is 52.7 Å². The summed E-state index contributed by atoms with van der Waals surface area (Å²) in [6.07, 6.45) is 1.65. The zero-order chi connectivity index (χ0) is 24.1. The summed E-state index contributed by atoms with van der Waals surface area (Å²) in [7, 11) is 3.27. The topological polar surface area (TPSA) is 111 Å². The van der Waals surface area contributed by atoms with Crippen molar-refractivity contribution in [2.75, 3.05) is 20.8 Å². The van der Waals surface area contributed by atoms with Crippen LogP contribution in [0.25, 0.3) is 10.9 Å². The summed E-state index contributed by atoms with van der Waals surface area (Å²) in [6, 6.07) is 11.1. The number of aromatic amines is 1. The van der Waals surface area contributed by atoms with Crippen LogP contribution in [0.5, 0.6) is 5.75 Å². The highest BCUT2D eigenvalue weighted by atomic mass is 16.5. The minimum Gasteiger partial charge on any atom is -0.497 e. The minimum absolute atomic E-state index is 0.136. The molecule has 0 aliphatic carbocycles. The molecular formula is C24H30N6O4. The van der Waals surface area contributed by atoms with E-state index in [4.69, 9.17) is 13.9 Å². The van der Waals surface area contributed by atoms with Crippen LogP contribution in [0.2, 0.25) is 0 Å². The number of nitrogens with one attached hydrogen (secondary N) is 1. The molecule has 10 nitrogen and oxygen atoms in total. The van der Waals surface area contributed by atoms with Gasteiger partial charge in [0.25, 0.3) is 5.56 Å². The molecule has 180 valence electrons. The predicted molar refractivity (Wildman–Crippen MR) is 126 cm³/mol. The maximum absolute atomic E-state index is 13.0. The Morgan fingerprint density at radius 1 is 1.18 bits per heavy atom. The van der Waals surface area contributed by atoms with Gasteiger partial charge in [0, 0.05) is 30.1 Å². The normalized spacial score (nSPS) is 12.6. The fraction of sp³-hybridized carbons (Fsp3) is 0.417. The van der Waals surface area contributed by atoms with E-state index in [1.807, 2.05) is 36.4 Å². The lowest BCUT2D eigenvalue weighted by atomic mass is 10.00. The SMILES string of the molecule is COCCn1nnnc1C(C(C)C)N(Cc1ccco1)Cc1cc2cc(OC)ccc2[nH]c1=O. The van der Waals surface area contributed by atoms with E-state index >= 15 is 0 Å². The van der Waals surface area contributed by atoms with Gasteiger partial charge in [-0.1, -0.05) is 13.8 Å². The van der Waals surface area contributed by atoms with Crippen molar-refractivity contribution in [3.63, 3.8) is 0 Å². The molecular weight excluding hydrogens is 436 g/mol. The van der Waals surface area contributed by atoms with Gasteiger partial charge in [-0.3, -0.25) is 9.69 Å². The van der Waals surface area contributed by atoms with Crippen molar-refractivity contribution < 1.29 is 13.9 Å². The molecule has 0 amide bonds. The Morgan fingerprint density at radius 3 is 2.74 bits per heavy atom. The van der Waals surface area contributed by atoms with Gasteiger partial charge in [0.05, 0.1) is 39.1 Å². The van der Waals surface area contributed by atoms with Gasteiger partial charge in [0.1, 0.15) is 11.5 Å².